The lowest BCUT2D eigenvalue weighted by molar-refractivity contribution is -0.0263. The highest BCUT2D eigenvalue weighted by molar-refractivity contribution is 9.10. The zero-order valence-electron chi connectivity index (χ0n) is 11.9. The molecule has 0 saturated carbocycles. The second-order valence-electron chi connectivity index (χ2n) is 5.38. The molecule has 1 aliphatic rings. The van der Waals surface area contributed by atoms with E-state index in [9.17, 15) is 0 Å². The number of nitrogens with one attached hydrogen (secondary N) is 1. The van der Waals surface area contributed by atoms with Crippen LogP contribution in [-0.4, -0.2) is 43.3 Å². The smallest absolute Gasteiger partial charge is 0.136 e. The fraction of sp³-hybridized carbons (Fsp3) is 0.714. The summed E-state index contributed by atoms with van der Waals surface area (Å²) in [5.74, 6) is 0.971. The van der Waals surface area contributed by atoms with Crippen molar-refractivity contribution in [3.63, 3.8) is 0 Å². The Hall–Kier alpha value is -0.360. The molecule has 1 saturated heterocycles. The van der Waals surface area contributed by atoms with Gasteiger partial charge in [0, 0.05) is 18.6 Å². The first-order chi connectivity index (χ1) is 9.07. The molecule has 2 heterocycles. The molecule has 108 valence electrons. The van der Waals surface area contributed by atoms with Gasteiger partial charge < -0.3 is 14.5 Å². The van der Waals surface area contributed by atoms with E-state index in [0.717, 1.165) is 43.1 Å². The van der Waals surface area contributed by atoms with Gasteiger partial charge in [0.2, 0.25) is 0 Å². The van der Waals surface area contributed by atoms with Crippen LogP contribution in [0.4, 0.5) is 0 Å². The third-order valence-electron chi connectivity index (χ3n) is 3.85. The molecule has 0 aromatic carbocycles. The van der Waals surface area contributed by atoms with E-state index in [0.29, 0.717) is 0 Å². The summed E-state index contributed by atoms with van der Waals surface area (Å²) in [5, 5.41) is 3.56. The van der Waals surface area contributed by atoms with Crippen LogP contribution in [0.25, 0.3) is 0 Å². The molecule has 19 heavy (non-hydrogen) atoms. The molecule has 4 nitrogen and oxygen atoms in total. The van der Waals surface area contributed by atoms with Crippen LogP contribution in [0.15, 0.2) is 21.2 Å². The lowest BCUT2D eigenvalue weighted by Gasteiger charge is -2.45. The van der Waals surface area contributed by atoms with Gasteiger partial charge in [-0.2, -0.15) is 0 Å². The Kier molecular flexibility index (Phi) is 5.06. The van der Waals surface area contributed by atoms with Gasteiger partial charge in [0.15, 0.2) is 0 Å². The van der Waals surface area contributed by atoms with E-state index < -0.39 is 0 Å². The molecular formula is C14H23BrN2O2. The first-order valence-corrected chi connectivity index (χ1v) is 7.65. The summed E-state index contributed by atoms with van der Waals surface area (Å²) >= 11 is 3.58. The third-order valence-corrected chi connectivity index (χ3v) is 4.50. The SMILES string of the molecule is CCNC(c1occc1Br)C(C)(C)N1CCOCC1. The molecule has 5 heteroatoms. The van der Waals surface area contributed by atoms with E-state index >= 15 is 0 Å². The predicted octanol–water partition coefficient (Wildman–Crippen LogP) is 2.80. The molecule has 1 unspecified atom stereocenters. The number of hydrogen-bond acceptors (Lipinski definition) is 4. The van der Waals surface area contributed by atoms with Crippen LogP contribution in [0.5, 0.6) is 0 Å². The van der Waals surface area contributed by atoms with Crippen molar-refractivity contribution in [2.45, 2.75) is 32.4 Å². The van der Waals surface area contributed by atoms with Crippen molar-refractivity contribution >= 4 is 15.9 Å². The summed E-state index contributed by atoms with van der Waals surface area (Å²) in [6.07, 6.45) is 1.74. The number of ether oxygens (including phenoxy) is 1. The van der Waals surface area contributed by atoms with Gasteiger partial charge in [-0.25, -0.2) is 0 Å². The van der Waals surface area contributed by atoms with Crippen LogP contribution < -0.4 is 5.32 Å². The van der Waals surface area contributed by atoms with Crippen LogP contribution in [0.3, 0.4) is 0 Å². The van der Waals surface area contributed by atoms with Gasteiger partial charge >= 0.3 is 0 Å². The number of morpholine rings is 1. The minimum Gasteiger partial charge on any atom is -0.466 e. The Labute approximate surface area is 123 Å². The van der Waals surface area contributed by atoms with E-state index in [-0.39, 0.29) is 11.6 Å². The summed E-state index contributed by atoms with van der Waals surface area (Å²) in [7, 11) is 0. The lowest BCUT2D eigenvalue weighted by atomic mass is 9.89. The van der Waals surface area contributed by atoms with Crippen LogP contribution in [-0.2, 0) is 4.74 Å². The number of likely N-dealkylation sites (N-methyl/N-ethyl adjacent to an activating group) is 1. The second kappa shape index (κ2) is 6.39. The average molecular weight is 331 g/mol. The summed E-state index contributed by atoms with van der Waals surface area (Å²) in [6, 6.07) is 2.11. The molecule has 0 aliphatic carbocycles. The molecule has 1 aromatic heterocycles. The maximum Gasteiger partial charge on any atom is 0.136 e. The van der Waals surface area contributed by atoms with E-state index in [4.69, 9.17) is 9.15 Å². The minimum absolute atomic E-state index is 0.0276. The fourth-order valence-corrected chi connectivity index (χ4v) is 3.13. The summed E-state index contributed by atoms with van der Waals surface area (Å²) in [6.45, 7) is 11.1. The van der Waals surface area contributed by atoms with E-state index in [1.807, 2.05) is 6.07 Å². The van der Waals surface area contributed by atoms with Crippen molar-refractivity contribution in [3.05, 3.63) is 22.6 Å². The van der Waals surface area contributed by atoms with E-state index in [1.54, 1.807) is 6.26 Å². The van der Waals surface area contributed by atoms with Crippen molar-refractivity contribution in [3.8, 4) is 0 Å². The maximum absolute atomic E-state index is 5.69. The third kappa shape index (κ3) is 3.21. The van der Waals surface area contributed by atoms with Crippen molar-refractivity contribution < 1.29 is 9.15 Å². The van der Waals surface area contributed by atoms with E-state index in [2.05, 4.69) is 46.9 Å². The summed E-state index contributed by atoms with van der Waals surface area (Å²) < 4.78 is 12.2. The number of halogens is 1. The highest BCUT2D eigenvalue weighted by Gasteiger charge is 2.39. The van der Waals surface area contributed by atoms with Crippen molar-refractivity contribution in [2.24, 2.45) is 0 Å². The van der Waals surface area contributed by atoms with Crippen molar-refractivity contribution in [1.82, 2.24) is 10.2 Å². The van der Waals surface area contributed by atoms with Crippen LogP contribution in [0, 0.1) is 0 Å². The quantitative estimate of drug-likeness (QED) is 0.900. The van der Waals surface area contributed by atoms with Gasteiger partial charge in [-0.3, -0.25) is 4.90 Å². The molecule has 0 bridgehead atoms. The number of nitrogens with zero attached hydrogens (tertiary/aromatic N) is 1. The van der Waals surface area contributed by atoms with Crippen molar-refractivity contribution in [1.29, 1.82) is 0 Å². The monoisotopic (exact) mass is 330 g/mol. The Morgan fingerprint density at radius 1 is 1.42 bits per heavy atom. The minimum atomic E-state index is -0.0276. The Balaban J connectivity index is 2.24. The van der Waals surface area contributed by atoms with Crippen LogP contribution in [0.2, 0.25) is 0 Å². The van der Waals surface area contributed by atoms with Gasteiger partial charge in [0.1, 0.15) is 5.76 Å². The molecule has 0 radical (unpaired) electrons. The molecule has 2 rings (SSSR count). The number of furan rings is 1. The maximum atomic E-state index is 5.69. The number of rotatable bonds is 5. The standard InChI is InChI=1S/C14H23BrN2O2/c1-4-16-13(12-11(15)5-8-19-12)14(2,3)17-6-9-18-10-7-17/h5,8,13,16H,4,6-7,9-10H2,1-3H3. The molecule has 1 N–H and O–H groups in total. The van der Waals surface area contributed by atoms with Gasteiger partial charge in [0.05, 0.1) is 30.0 Å². The fourth-order valence-electron chi connectivity index (χ4n) is 2.70. The number of hydrogen-bond donors (Lipinski definition) is 1. The van der Waals surface area contributed by atoms with Gasteiger partial charge in [-0.15, -0.1) is 0 Å². The normalized spacial score (nSPS) is 19.6. The second-order valence-corrected chi connectivity index (χ2v) is 6.23. The Bertz CT molecular complexity index is 400. The lowest BCUT2D eigenvalue weighted by Crippen LogP contribution is -2.56. The van der Waals surface area contributed by atoms with Crippen LogP contribution >= 0.6 is 15.9 Å². The molecule has 1 atom stereocenters. The zero-order valence-corrected chi connectivity index (χ0v) is 13.5. The highest BCUT2D eigenvalue weighted by Crippen LogP contribution is 2.35. The topological polar surface area (TPSA) is 37.6 Å². The molecule has 0 amide bonds. The van der Waals surface area contributed by atoms with Gasteiger partial charge in [0.25, 0.3) is 0 Å². The predicted molar refractivity (Wildman–Crippen MR) is 79.3 cm³/mol. The largest absolute Gasteiger partial charge is 0.466 e. The zero-order chi connectivity index (χ0) is 13.9. The highest BCUT2D eigenvalue weighted by atomic mass is 79.9. The van der Waals surface area contributed by atoms with Gasteiger partial charge in [-0.05, 0) is 42.4 Å². The molecule has 0 spiro atoms. The first kappa shape index (κ1) is 15.0. The first-order valence-electron chi connectivity index (χ1n) is 6.86. The molecular weight excluding hydrogens is 308 g/mol. The Morgan fingerprint density at radius 3 is 2.63 bits per heavy atom. The molecule has 1 fully saturated rings. The Morgan fingerprint density at radius 2 is 2.11 bits per heavy atom. The van der Waals surface area contributed by atoms with Gasteiger partial charge in [-0.1, -0.05) is 6.92 Å². The van der Waals surface area contributed by atoms with E-state index in [1.165, 1.54) is 0 Å². The molecule has 1 aromatic rings. The van der Waals surface area contributed by atoms with Crippen molar-refractivity contribution in [2.75, 3.05) is 32.8 Å². The van der Waals surface area contributed by atoms with Crippen LogP contribution in [0.1, 0.15) is 32.6 Å². The summed E-state index contributed by atoms with van der Waals surface area (Å²) in [4.78, 5) is 2.47. The summed E-state index contributed by atoms with van der Waals surface area (Å²) in [5.41, 5.74) is -0.0276. The molecule has 1 aliphatic heterocycles. The average Bonchev–Trinajstić information content (AvgIpc) is 2.83.